The van der Waals surface area contributed by atoms with Gasteiger partial charge in [-0.15, -0.1) is 0 Å². The summed E-state index contributed by atoms with van der Waals surface area (Å²) >= 11 is 0. The van der Waals surface area contributed by atoms with E-state index in [1.165, 1.54) is 6.92 Å². The first-order valence-corrected chi connectivity index (χ1v) is 13.0. The van der Waals surface area contributed by atoms with Crippen LogP contribution >= 0.6 is 0 Å². The quantitative estimate of drug-likeness (QED) is 0.152. The van der Waals surface area contributed by atoms with Crippen molar-refractivity contribution in [3.8, 4) is 0 Å². The Bertz CT molecular complexity index is 1090. The van der Waals surface area contributed by atoms with Gasteiger partial charge in [-0.05, 0) is 44.2 Å². The molecule has 5 atom stereocenters. The van der Waals surface area contributed by atoms with Gasteiger partial charge in [0.25, 0.3) is 0 Å². The number of likely N-dealkylation sites (tertiary alicyclic amines) is 1. The lowest BCUT2D eigenvalue weighted by atomic mass is 10.0. The number of halogens is 3. The molecule has 1 saturated heterocycles. The lowest BCUT2D eigenvalue weighted by Crippen LogP contribution is -2.59. The highest BCUT2D eigenvalue weighted by Crippen LogP contribution is 2.37. The zero-order valence-corrected chi connectivity index (χ0v) is 21.9. The highest BCUT2D eigenvalue weighted by molar-refractivity contribution is 5.88. The largest absolute Gasteiger partial charge is 0.480 e. The Labute approximate surface area is 224 Å². The van der Waals surface area contributed by atoms with Crippen LogP contribution in [0.1, 0.15) is 51.5 Å². The summed E-state index contributed by atoms with van der Waals surface area (Å²) in [6.45, 7) is 3.40. The summed E-state index contributed by atoms with van der Waals surface area (Å²) in [6.07, 6.45) is 2.37. The summed E-state index contributed by atoms with van der Waals surface area (Å²) in [7, 11) is 0. The monoisotopic (exact) mass is 556 g/mol. The van der Waals surface area contributed by atoms with Crippen molar-refractivity contribution in [1.82, 2.24) is 15.5 Å². The van der Waals surface area contributed by atoms with E-state index in [1.807, 2.05) is 0 Å². The Morgan fingerprint density at radius 3 is 2.49 bits per heavy atom. The third-order valence-electron chi connectivity index (χ3n) is 6.97. The second-order valence-corrected chi connectivity index (χ2v) is 10.3. The molecule has 13 heteroatoms. The van der Waals surface area contributed by atoms with Crippen molar-refractivity contribution in [2.75, 3.05) is 13.2 Å². The molecule has 1 aromatic carbocycles. The lowest BCUT2D eigenvalue weighted by molar-refractivity contribution is -0.152. The van der Waals surface area contributed by atoms with Crippen LogP contribution in [-0.4, -0.2) is 77.1 Å². The number of nitrogens with one attached hydrogen (secondary N) is 2. The number of nitrogens with zero attached hydrogens (tertiary/aromatic N) is 1. The number of aldehydes is 1. The first kappa shape index (κ1) is 30.5. The number of carboxylic acid groups (broad SMARTS) is 1. The molecule has 1 aromatic rings. The van der Waals surface area contributed by atoms with Crippen LogP contribution in [0.3, 0.4) is 0 Å². The number of carbonyl (C=O) groups is 4. The first-order valence-electron chi connectivity index (χ1n) is 13.0. The van der Waals surface area contributed by atoms with E-state index in [2.05, 4.69) is 10.6 Å². The molecule has 39 heavy (non-hydrogen) atoms. The molecule has 0 bridgehead atoms. The molecule has 0 unspecified atom stereocenters. The summed E-state index contributed by atoms with van der Waals surface area (Å²) in [6, 6.07) is -2.69. The zero-order valence-electron chi connectivity index (χ0n) is 21.9. The molecule has 5 N–H and O–H groups in total. The molecule has 3 rings (SSSR count). The number of benzene rings is 1. The van der Waals surface area contributed by atoms with Gasteiger partial charge in [0.05, 0.1) is 6.04 Å². The Morgan fingerprint density at radius 2 is 1.90 bits per heavy atom. The Kier molecular flexibility index (Phi) is 10.1. The van der Waals surface area contributed by atoms with Crippen molar-refractivity contribution in [3.63, 3.8) is 0 Å². The van der Waals surface area contributed by atoms with Crippen molar-refractivity contribution in [2.24, 2.45) is 11.7 Å². The number of nitrogens with two attached hydrogens (primary N) is 1. The highest BCUT2D eigenvalue weighted by atomic mass is 19.2. The number of hydrogen-bond donors (Lipinski definition) is 4. The van der Waals surface area contributed by atoms with Crippen LogP contribution in [0.4, 0.5) is 13.2 Å². The van der Waals surface area contributed by atoms with Gasteiger partial charge < -0.3 is 25.8 Å². The van der Waals surface area contributed by atoms with Crippen LogP contribution in [0, 0.1) is 23.4 Å². The third-order valence-corrected chi connectivity index (χ3v) is 6.97. The van der Waals surface area contributed by atoms with E-state index < -0.39 is 65.1 Å². The number of carbonyl (C=O) groups excluding carboxylic acids is 3. The zero-order chi connectivity index (χ0) is 28.9. The molecular formula is C26H35F3N4O6. The van der Waals surface area contributed by atoms with Gasteiger partial charge in [-0.2, -0.15) is 0 Å². The molecule has 1 heterocycles. The minimum Gasteiger partial charge on any atom is -0.480 e. The first-order chi connectivity index (χ1) is 18.4. The predicted molar refractivity (Wildman–Crippen MR) is 133 cm³/mol. The molecule has 0 radical (unpaired) electrons. The average Bonchev–Trinajstić information content (AvgIpc) is 3.57. The van der Waals surface area contributed by atoms with Crippen LogP contribution < -0.4 is 16.4 Å². The Balaban J connectivity index is 1.60. The predicted octanol–water partition coefficient (Wildman–Crippen LogP) is 1.24. The summed E-state index contributed by atoms with van der Waals surface area (Å²) in [5, 5.41) is 15.3. The van der Waals surface area contributed by atoms with Gasteiger partial charge in [-0.1, -0.05) is 12.8 Å². The van der Waals surface area contributed by atoms with E-state index in [0.29, 0.717) is 30.8 Å². The smallest absolute Gasteiger partial charge is 0.326 e. The number of rotatable bonds is 14. The van der Waals surface area contributed by atoms with Gasteiger partial charge in [0.15, 0.2) is 23.6 Å². The fourth-order valence-electron chi connectivity index (χ4n) is 4.98. The van der Waals surface area contributed by atoms with Crippen molar-refractivity contribution in [3.05, 3.63) is 35.1 Å². The lowest BCUT2D eigenvalue weighted by Gasteiger charge is -2.34. The van der Waals surface area contributed by atoms with Crippen molar-refractivity contribution in [1.29, 1.82) is 0 Å². The summed E-state index contributed by atoms with van der Waals surface area (Å²) in [5.74, 6) is -5.63. The van der Waals surface area contributed by atoms with E-state index in [9.17, 15) is 37.5 Å². The molecule has 2 aliphatic rings. The molecule has 216 valence electrons. The fraction of sp³-hybridized carbons (Fsp3) is 0.615. The molecule has 0 spiro atoms. The van der Waals surface area contributed by atoms with Crippen molar-refractivity contribution in [2.45, 2.75) is 82.3 Å². The maximum absolute atomic E-state index is 13.9. The van der Waals surface area contributed by atoms with Crippen molar-refractivity contribution < 1.29 is 42.2 Å². The summed E-state index contributed by atoms with van der Waals surface area (Å²) in [4.78, 5) is 50.8. The SMILES string of the molecule is CCO[C@](C=O)(CC1CC1)N[C@@H](C)C(=O)N1C[C@@H](NC(=O)C[C@H](N)Cc2cc(F)c(F)cc2F)C[C@H]1C(=O)O. The van der Waals surface area contributed by atoms with Gasteiger partial charge in [0.2, 0.25) is 11.8 Å². The van der Waals surface area contributed by atoms with Gasteiger partial charge >= 0.3 is 5.97 Å². The molecule has 0 aromatic heterocycles. The second-order valence-electron chi connectivity index (χ2n) is 10.3. The summed E-state index contributed by atoms with van der Waals surface area (Å²) < 4.78 is 46.1. The van der Waals surface area contributed by atoms with E-state index >= 15 is 0 Å². The molecule has 1 saturated carbocycles. The van der Waals surface area contributed by atoms with E-state index in [4.69, 9.17) is 10.5 Å². The Morgan fingerprint density at radius 1 is 1.23 bits per heavy atom. The summed E-state index contributed by atoms with van der Waals surface area (Å²) in [5.41, 5.74) is 4.37. The molecule has 2 amide bonds. The maximum atomic E-state index is 13.9. The molecule has 1 aliphatic carbocycles. The van der Waals surface area contributed by atoms with Crippen LogP contribution in [-0.2, 0) is 30.3 Å². The van der Waals surface area contributed by atoms with Gasteiger partial charge in [0.1, 0.15) is 11.9 Å². The number of aliphatic carboxylic acids is 1. The number of ether oxygens (including phenoxy) is 1. The molecule has 2 fully saturated rings. The highest BCUT2D eigenvalue weighted by Gasteiger charge is 2.44. The van der Waals surface area contributed by atoms with Crippen LogP contribution in [0.25, 0.3) is 0 Å². The fourth-order valence-corrected chi connectivity index (χ4v) is 4.98. The topological polar surface area (TPSA) is 151 Å². The normalized spacial score (nSPS) is 22.2. The van der Waals surface area contributed by atoms with Crippen LogP contribution in [0.15, 0.2) is 12.1 Å². The molecule has 1 aliphatic heterocycles. The van der Waals surface area contributed by atoms with E-state index in [-0.39, 0.29) is 38.0 Å². The number of carboxylic acids is 1. The number of amides is 2. The maximum Gasteiger partial charge on any atom is 0.326 e. The van der Waals surface area contributed by atoms with E-state index in [0.717, 1.165) is 17.7 Å². The average molecular weight is 557 g/mol. The third kappa shape index (κ3) is 7.99. The minimum absolute atomic E-state index is 0.0566. The van der Waals surface area contributed by atoms with Gasteiger partial charge in [-0.25, -0.2) is 18.0 Å². The van der Waals surface area contributed by atoms with Crippen LogP contribution in [0.2, 0.25) is 0 Å². The Hall–Kier alpha value is -3.03. The second kappa shape index (κ2) is 12.9. The van der Waals surface area contributed by atoms with Gasteiger partial charge in [0, 0.05) is 44.1 Å². The van der Waals surface area contributed by atoms with Crippen molar-refractivity contribution >= 4 is 24.1 Å². The molecule has 10 nitrogen and oxygen atoms in total. The van der Waals surface area contributed by atoms with Gasteiger partial charge in [-0.3, -0.25) is 19.7 Å². The standard InChI is InChI=1S/C26H35F3N4O6/c1-3-39-26(13-34,11-15-4-5-15)32-14(2)24(36)33-12-18(9-22(33)25(37)38)31-23(35)8-17(30)6-16-7-20(28)21(29)10-19(16)27/h7,10,13-15,17-18,22,32H,3-6,8-9,11-12,30H2,1-2H3,(H,31,35)(H,37,38)/t14-,17+,18-,22-,26-/m0/s1. The van der Waals surface area contributed by atoms with E-state index in [1.54, 1.807) is 6.92 Å². The number of hydrogen-bond acceptors (Lipinski definition) is 7. The van der Waals surface area contributed by atoms with Crippen LogP contribution in [0.5, 0.6) is 0 Å². The molecular weight excluding hydrogens is 521 g/mol. The minimum atomic E-state index is -1.36.